The van der Waals surface area contributed by atoms with Crippen LogP contribution in [0.15, 0.2) is 83.8 Å². The van der Waals surface area contributed by atoms with Gasteiger partial charge in [0.2, 0.25) is 15.9 Å². The van der Waals surface area contributed by atoms with Crippen LogP contribution in [0.4, 0.5) is 11.4 Å². The molecule has 1 saturated heterocycles. The predicted octanol–water partition coefficient (Wildman–Crippen LogP) is 5.42. The van der Waals surface area contributed by atoms with Crippen LogP contribution in [-0.4, -0.2) is 40.0 Å². The van der Waals surface area contributed by atoms with Crippen molar-refractivity contribution in [3.05, 3.63) is 90.0 Å². The first-order valence-electron chi connectivity index (χ1n) is 13.3. The molecule has 0 aliphatic carbocycles. The van der Waals surface area contributed by atoms with Crippen molar-refractivity contribution >= 4 is 44.9 Å². The molecule has 40 heavy (non-hydrogen) atoms. The maximum absolute atomic E-state index is 13.8. The molecule has 2 N–H and O–H groups in total. The summed E-state index contributed by atoms with van der Waals surface area (Å²) in [6.07, 6.45) is 1.38. The number of sulfonamides is 1. The number of amides is 1. The van der Waals surface area contributed by atoms with Gasteiger partial charge in [-0.2, -0.15) is 0 Å². The number of carbonyl (C=O) groups excluding carboxylic acids is 2. The van der Waals surface area contributed by atoms with Crippen LogP contribution in [0.3, 0.4) is 0 Å². The van der Waals surface area contributed by atoms with Crippen LogP contribution in [0.2, 0.25) is 0 Å². The molecular weight excluding hydrogens is 550 g/mol. The second-order valence-corrected chi connectivity index (χ2v) is 11.9. The number of rotatable bonds is 10. The molecule has 0 spiro atoms. The van der Waals surface area contributed by atoms with Crippen LogP contribution in [0.25, 0.3) is 0 Å². The Morgan fingerprint density at radius 3 is 2.33 bits per heavy atom. The number of nitrogens with zero attached hydrogens (tertiary/aromatic N) is 1. The van der Waals surface area contributed by atoms with Gasteiger partial charge < -0.3 is 15.0 Å². The Bertz CT molecular complexity index is 1420. The highest BCUT2D eigenvalue weighted by Gasteiger charge is 2.31. The standard InChI is InChI=1S/C30H34ClN3O5S/c1-3-39-30(36)24-15-10-18-34(20-24)26-17-16-25(32-29(35)28(31)23-13-8-5-9-14-23)19-27(26)40(37,38)33-21(2)22-11-6-4-7-12-22/h4-9,11-14,16-17,19,21,24,28,33H,3,10,15,18,20H2,1-2H3,(H,32,35)/t21-,24-,28-/m1/s1. The fourth-order valence-corrected chi connectivity index (χ4v) is 6.48. The lowest BCUT2D eigenvalue weighted by molar-refractivity contribution is -0.148. The van der Waals surface area contributed by atoms with Gasteiger partial charge >= 0.3 is 5.97 Å². The number of nitrogens with one attached hydrogen (secondary N) is 2. The second kappa shape index (κ2) is 13.3. The Morgan fingerprint density at radius 1 is 1.02 bits per heavy atom. The summed E-state index contributed by atoms with van der Waals surface area (Å²) in [6, 6.07) is 22.4. The highest BCUT2D eigenvalue weighted by Crippen LogP contribution is 2.33. The molecule has 0 bridgehead atoms. The summed E-state index contributed by atoms with van der Waals surface area (Å²) < 4.78 is 35.6. The number of alkyl halides is 1. The maximum Gasteiger partial charge on any atom is 0.310 e. The number of esters is 1. The van der Waals surface area contributed by atoms with Crippen LogP contribution in [0.5, 0.6) is 0 Å². The van der Waals surface area contributed by atoms with Crippen molar-refractivity contribution in [1.29, 1.82) is 0 Å². The van der Waals surface area contributed by atoms with Gasteiger partial charge in [0.25, 0.3) is 0 Å². The fourth-order valence-electron chi connectivity index (χ4n) is 4.80. The van der Waals surface area contributed by atoms with Crippen molar-refractivity contribution in [2.75, 3.05) is 29.9 Å². The van der Waals surface area contributed by atoms with E-state index in [1.165, 1.54) is 6.07 Å². The molecule has 212 valence electrons. The van der Waals surface area contributed by atoms with Crippen molar-refractivity contribution in [3.63, 3.8) is 0 Å². The molecule has 1 aliphatic heterocycles. The van der Waals surface area contributed by atoms with E-state index in [1.807, 2.05) is 41.3 Å². The number of carbonyl (C=O) groups is 2. The molecule has 0 radical (unpaired) electrons. The maximum atomic E-state index is 13.8. The van der Waals surface area contributed by atoms with E-state index in [9.17, 15) is 18.0 Å². The molecule has 10 heteroatoms. The van der Waals surface area contributed by atoms with Gasteiger partial charge in [0, 0.05) is 24.8 Å². The molecule has 3 aromatic carbocycles. The molecule has 4 rings (SSSR count). The van der Waals surface area contributed by atoms with Gasteiger partial charge in [0.1, 0.15) is 10.3 Å². The highest BCUT2D eigenvalue weighted by molar-refractivity contribution is 7.89. The molecule has 3 atom stereocenters. The summed E-state index contributed by atoms with van der Waals surface area (Å²) in [5, 5.41) is 1.80. The third-order valence-corrected chi connectivity index (χ3v) is 8.87. The van der Waals surface area contributed by atoms with Crippen molar-refractivity contribution < 1.29 is 22.7 Å². The lowest BCUT2D eigenvalue weighted by atomic mass is 9.97. The van der Waals surface area contributed by atoms with E-state index < -0.39 is 27.3 Å². The number of ether oxygens (including phenoxy) is 1. The molecule has 8 nitrogen and oxygen atoms in total. The van der Waals surface area contributed by atoms with Gasteiger partial charge in [0.05, 0.1) is 18.2 Å². The van der Waals surface area contributed by atoms with Crippen LogP contribution in [0, 0.1) is 5.92 Å². The molecule has 1 aliphatic rings. The van der Waals surface area contributed by atoms with E-state index in [0.717, 1.165) is 5.56 Å². The smallest absolute Gasteiger partial charge is 0.310 e. The molecular formula is C30H34ClN3O5S. The van der Waals surface area contributed by atoms with Crippen LogP contribution >= 0.6 is 11.6 Å². The zero-order valence-corrected chi connectivity index (χ0v) is 24.1. The first-order valence-corrected chi connectivity index (χ1v) is 15.2. The third-order valence-electron chi connectivity index (χ3n) is 6.85. The highest BCUT2D eigenvalue weighted by atomic mass is 35.5. The van der Waals surface area contributed by atoms with E-state index in [1.54, 1.807) is 50.2 Å². The van der Waals surface area contributed by atoms with Gasteiger partial charge in [-0.3, -0.25) is 9.59 Å². The van der Waals surface area contributed by atoms with Crippen LogP contribution in [0.1, 0.15) is 49.2 Å². The summed E-state index contributed by atoms with van der Waals surface area (Å²) in [5.41, 5.74) is 2.18. The van der Waals surface area contributed by atoms with E-state index in [0.29, 0.717) is 42.9 Å². The predicted molar refractivity (Wildman–Crippen MR) is 157 cm³/mol. The number of anilines is 2. The molecule has 3 aromatic rings. The number of hydrogen-bond acceptors (Lipinski definition) is 6. The topological polar surface area (TPSA) is 105 Å². The van der Waals surface area contributed by atoms with Crippen LogP contribution in [-0.2, 0) is 24.3 Å². The van der Waals surface area contributed by atoms with Crippen molar-refractivity contribution in [3.8, 4) is 0 Å². The van der Waals surface area contributed by atoms with E-state index in [2.05, 4.69) is 10.0 Å². The molecule has 1 heterocycles. The average molecular weight is 584 g/mol. The molecule has 1 amide bonds. The Balaban J connectivity index is 1.66. The van der Waals surface area contributed by atoms with Crippen molar-refractivity contribution in [1.82, 2.24) is 4.72 Å². The SMILES string of the molecule is CCOC(=O)[C@@H]1CCCN(c2ccc(NC(=O)[C@H](Cl)c3ccccc3)cc2S(=O)(=O)N[C@H](C)c2ccccc2)C1. The number of halogens is 1. The Morgan fingerprint density at radius 2 is 1.68 bits per heavy atom. The van der Waals surface area contributed by atoms with E-state index in [4.69, 9.17) is 16.3 Å². The van der Waals surface area contributed by atoms with Gasteiger partial charge in [-0.1, -0.05) is 60.7 Å². The number of benzene rings is 3. The monoisotopic (exact) mass is 583 g/mol. The zero-order valence-electron chi connectivity index (χ0n) is 22.5. The zero-order chi connectivity index (χ0) is 28.7. The van der Waals surface area contributed by atoms with Gasteiger partial charge in [-0.05, 0) is 56.0 Å². The summed E-state index contributed by atoms with van der Waals surface area (Å²) in [6.45, 7) is 4.73. The fraction of sp³-hybridized carbons (Fsp3) is 0.333. The van der Waals surface area contributed by atoms with Gasteiger partial charge in [0.15, 0.2) is 0 Å². The summed E-state index contributed by atoms with van der Waals surface area (Å²) >= 11 is 6.40. The minimum Gasteiger partial charge on any atom is -0.466 e. The quantitative estimate of drug-likeness (QED) is 0.244. The Kier molecular flexibility index (Phi) is 9.84. The molecule has 0 saturated carbocycles. The summed E-state index contributed by atoms with van der Waals surface area (Å²) in [7, 11) is -4.06. The normalized spacial score (nSPS) is 17.1. The first-order chi connectivity index (χ1) is 19.2. The summed E-state index contributed by atoms with van der Waals surface area (Å²) in [5.74, 6) is -1.12. The second-order valence-electron chi connectivity index (χ2n) is 9.74. The van der Waals surface area contributed by atoms with Crippen LogP contribution < -0.4 is 14.9 Å². The lowest BCUT2D eigenvalue weighted by Gasteiger charge is -2.34. The lowest BCUT2D eigenvalue weighted by Crippen LogP contribution is -2.40. The molecule has 1 fully saturated rings. The number of piperidine rings is 1. The average Bonchev–Trinajstić information content (AvgIpc) is 2.97. The Labute approximate surface area is 240 Å². The van der Waals surface area contributed by atoms with E-state index >= 15 is 0 Å². The minimum atomic E-state index is -4.06. The minimum absolute atomic E-state index is 0.00317. The van der Waals surface area contributed by atoms with Gasteiger partial charge in [-0.15, -0.1) is 11.6 Å². The Hall–Kier alpha value is -3.40. The summed E-state index contributed by atoms with van der Waals surface area (Å²) in [4.78, 5) is 27.3. The third kappa shape index (κ3) is 7.21. The largest absolute Gasteiger partial charge is 0.466 e. The van der Waals surface area contributed by atoms with Crippen molar-refractivity contribution in [2.24, 2.45) is 5.92 Å². The van der Waals surface area contributed by atoms with Gasteiger partial charge in [-0.25, -0.2) is 13.1 Å². The first kappa shape index (κ1) is 29.6. The molecule has 0 aromatic heterocycles. The molecule has 0 unspecified atom stereocenters. The number of hydrogen-bond donors (Lipinski definition) is 2. The van der Waals surface area contributed by atoms with E-state index in [-0.39, 0.29) is 23.4 Å². The van der Waals surface area contributed by atoms with Crippen molar-refractivity contribution in [2.45, 2.75) is 43.0 Å².